The minimum absolute atomic E-state index is 0.0857. The number of phenols is 2. The molecule has 0 aliphatic carbocycles. The maximum atomic E-state index is 11.8. The Morgan fingerprint density at radius 1 is 1.20 bits per heavy atom. The quantitative estimate of drug-likeness (QED) is 0.659. The van der Waals surface area contributed by atoms with Crippen molar-refractivity contribution in [3.8, 4) is 17.6 Å². The first-order valence-corrected chi connectivity index (χ1v) is 5.79. The smallest absolute Gasteiger partial charge is 0.342 e. The highest BCUT2D eigenvalue weighted by Crippen LogP contribution is 2.23. The van der Waals surface area contributed by atoms with Crippen molar-refractivity contribution in [3.05, 3.63) is 59.2 Å². The van der Waals surface area contributed by atoms with Crippen LogP contribution < -0.4 is 0 Å². The zero-order valence-corrected chi connectivity index (χ0v) is 10.4. The lowest BCUT2D eigenvalue weighted by molar-refractivity contribution is 0.0468. The van der Waals surface area contributed by atoms with Gasteiger partial charge in [-0.3, -0.25) is 0 Å². The van der Waals surface area contributed by atoms with Crippen LogP contribution in [0.4, 0.5) is 0 Å². The molecule has 100 valence electrons. The van der Waals surface area contributed by atoms with E-state index in [1.54, 1.807) is 24.3 Å². The van der Waals surface area contributed by atoms with Gasteiger partial charge in [0.05, 0.1) is 11.6 Å². The highest BCUT2D eigenvalue weighted by molar-refractivity contribution is 5.92. The van der Waals surface area contributed by atoms with Gasteiger partial charge in [0.2, 0.25) is 0 Å². The van der Waals surface area contributed by atoms with Crippen LogP contribution in [0.25, 0.3) is 0 Å². The average molecular weight is 269 g/mol. The number of rotatable bonds is 3. The monoisotopic (exact) mass is 269 g/mol. The van der Waals surface area contributed by atoms with Gasteiger partial charge in [-0.1, -0.05) is 18.2 Å². The maximum absolute atomic E-state index is 11.8. The molecular formula is C15H11NO4. The van der Waals surface area contributed by atoms with Crippen molar-refractivity contribution in [3.63, 3.8) is 0 Å². The van der Waals surface area contributed by atoms with E-state index in [2.05, 4.69) is 0 Å². The first-order chi connectivity index (χ1) is 9.61. The maximum Gasteiger partial charge on any atom is 0.342 e. The number of carbonyl (C=O) groups excluding carboxylic acids is 1. The molecule has 2 aromatic rings. The minimum Gasteiger partial charge on any atom is -0.508 e. The lowest BCUT2D eigenvalue weighted by atomic mass is 10.1. The van der Waals surface area contributed by atoms with E-state index in [0.717, 1.165) is 6.07 Å². The van der Waals surface area contributed by atoms with Gasteiger partial charge in [0.1, 0.15) is 23.7 Å². The Labute approximate surface area is 115 Å². The molecule has 0 aromatic heterocycles. The summed E-state index contributed by atoms with van der Waals surface area (Å²) >= 11 is 0. The molecule has 0 heterocycles. The number of phenolic OH excluding ortho intramolecular Hbond substituents is 2. The first-order valence-electron chi connectivity index (χ1n) is 5.79. The number of benzene rings is 2. The number of aromatic hydroxyl groups is 2. The van der Waals surface area contributed by atoms with E-state index in [9.17, 15) is 15.0 Å². The summed E-state index contributed by atoms with van der Waals surface area (Å²) in [6, 6.07) is 12.3. The number of hydrogen-bond donors (Lipinski definition) is 2. The topological polar surface area (TPSA) is 90.5 Å². The summed E-state index contributed by atoms with van der Waals surface area (Å²) in [4.78, 5) is 11.8. The SMILES string of the molecule is N#Cc1ccccc1COC(=O)c1cc(O)ccc1O. The van der Waals surface area contributed by atoms with Crippen LogP contribution in [0.5, 0.6) is 11.5 Å². The Bertz CT molecular complexity index is 689. The van der Waals surface area contributed by atoms with Gasteiger partial charge < -0.3 is 14.9 Å². The van der Waals surface area contributed by atoms with Crippen molar-refractivity contribution in [2.45, 2.75) is 6.61 Å². The lowest BCUT2D eigenvalue weighted by Crippen LogP contribution is -2.06. The molecule has 0 radical (unpaired) electrons. The highest BCUT2D eigenvalue weighted by Gasteiger charge is 2.14. The Morgan fingerprint density at radius 3 is 2.70 bits per heavy atom. The molecule has 0 saturated heterocycles. The standard InChI is InChI=1S/C15H11NO4/c16-8-10-3-1-2-4-11(10)9-20-15(19)13-7-12(17)5-6-14(13)18/h1-7,17-18H,9H2. The molecule has 0 spiro atoms. The van der Waals surface area contributed by atoms with Crippen molar-refractivity contribution in [2.24, 2.45) is 0 Å². The van der Waals surface area contributed by atoms with Crippen LogP contribution in [0.1, 0.15) is 21.5 Å². The van der Waals surface area contributed by atoms with Crippen molar-refractivity contribution < 1.29 is 19.7 Å². The molecule has 2 aromatic carbocycles. The number of ether oxygens (including phenoxy) is 1. The van der Waals surface area contributed by atoms with Crippen molar-refractivity contribution in [2.75, 3.05) is 0 Å². The number of nitrogens with zero attached hydrogens (tertiary/aromatic N) is 1. The van der Waals surface area contributed by atoms with Crippen molar-refractivity contribution in [1.29, 1.82) is 5.26 Å². The fraction of sp³-hybridized carbons (Fsp3) is 0.0667. The van der Waals surface area contributed by atoms with Gasteiger partial charge in [0.25, 0.3) is 0 Å². The van der Waals surface area contributed by atoms with Gasteiger partial charge in [0, 0.05) is 5.56 Å². The molecule has 0 saturated carbocycles. The fourth-order valence-electron chi connectivity index (χ4n) is 1.66. The van der Waals surface area contributed by atoms with Crippen molar-refractivity contribution in [1.82, 2.24) is 0 Å². The number of esters is 1. The number of carbonyl (C=O) groups is 1. The molecule has 0 aliphatic rings. The van der Waals surface area contributed by atoms with Crippen LogP contribution in [0.15, 0.2) is 42.5 Å². The van der Waals surface area contributed by atoms with Gasteiger partial charge in [-0.25, -0.2) is 4.79 Å². The van der Waals surface area contributed by atoms with Gasteiger partial charge >= 0.3 is 5.97 Å². The van der Waals surface area contributed by atoms with Gasteiger partial charge in [0.15, 0.2) is 0 Å². The summed E-state index contributed by atoms with van der Waals surface area (Å²) in [7, 11) is 0. The predicted octanol–water partition coefficient (Wildman–Crippen LogP) is 2.33. The third-order valence-corrected chi connectivity index (χ3v) is 2.70. The summed E-state index contributed by atoms with van der Waals surface area (Å²) in [6.07, 6.45) is 0. The van der Waals surface area contributed by atoms with Crippen LogP contribution in [0.2, 0.25) is 0 Å². The van der Waals surface area contributed by atoms with Crippen LogP contribution in [-0.4, -0.2) is 16.2 Å². The minimum atomic E-state index is -0.772. The van der Waals surface area contributed by atoms with Crippen LogP contribution >= 0.6 is 0 Å². The molecule has 5 heteroatoms. The van der Waals surface area contributed by atoms with Crippen LogP contribution in [0, 0.1) is 11.3 Å². The van der Waals surface area contributed by atoms with Crippen LogP contribution in [-0.2, 0) is 11.3 Å². The molecule has 0 aliphatic heterocycles. The molecule has 0 bridgehead atoms. The summed E-state index contributed by atoms with van der Waals surface area (Å²) < 4.78 is 5.03. The van der Waals surface area contributed by atoms with E-state index < -0.39 is 5.97 Å². The van der Waals surface area contributed by atoms with E-state index in [4.69, 9.17) is 10.00 Å². The summed E-state index contributed by atoms with van der Waals surface area (Å²) in [5.41, 5.74) is 0.864. The Balaban J connectivity index is 2.13. The van der Waals surface area contributed by atoms with Gasteiger partial charge in [-0.2, -0.15) is 5.26 Å². The second kappa shape index (κ2) is 5.76. The molecule has 2 N–H and O–H groups in total. The van der Waals surface area contributed by atoms with E-state index in [0.29, 0.717) is 11.1 Å². The van der Waals surface area contributed by atoms with Crippen LogP contribution in [0.3, 0.4) is 0 Å². The van der Waals surface area contributed by atoms with E-state index in [1.807, 2.05) is 6.07 Å². The first kappa shape index (κ1) is 13.4. The normalized spacial score (nSPS) is 9.75. The predicted molar refractivity (Wildman–Crippen MR) is 70.0 cm³/mol. The molecule has 0 fully saturated rings. The zero-order chi connectivity index (χ0) is 14.5. The van der Waals surface area contributed by atoms with E-state index in [1.165, 1.54) is 12.1 Å². The van der Waals surface area contributed by atoms with Gasteiger partial charge in [-0.05, 0) is 24.3 Å². The Hall–Kier alpha value is -3.00. The third-order valence-electron chi connectivity index (χ3n) is 2.70. The highest BCUT2D eigenvalue weighted by atomic mass is 16.5. The molecule has 20 heavy (non-hydrogen) atoms. The Morgan fingerprint density at radius 2 is 1.95 bits per heavy atom. The summed E-state index contributed by atoms with van der Waals surface area (Å²) in [5.74, 6) is -1.19. The fourth-order valence-corrected chi connectivity index (χ4v) is 1.66. The largest absolute Gasteiger partial charge is 0.508 e. The second-order valence-electron chi connectivity index (χ2n) is 4.05. The average Bonchev–Trinajstić information content (AvgIpc) is 2.47. The zero-order valence-electron chi connectivity index (χ0n) is 10.4. The molecule has 0 unspecified atom stereocenters. The molecule has 0 atom stereocenters. The van der Waals surface area contributed by atoms with Gasteiger partial charge in [-0.15, -0.1) is 0 Å². The second-order valence-corrected chi connectivity index (χ2v) is 4.05. The van der Waals surface area contributed by atoms with Crippen molar-refractivity contribution >= 4 is 5.97 Å². The molecule has 5 nitrogen and oxygen atoms in total. The summed E-state index contributed by atoms with van der Waals surface area (Å²) in [6.45, 7) is -0.0857. The third kappa shape index (κ3) is 2.87. The molecule has 2 rings (SSSR count). The van der Waals surface area contributed by atoms with E-state index >= 15 is 0 Å². The lowest BCUT2D eigenvalue weighted by Gasteiger charge is -2.07. The number of hydrogen-bond acceptors (Lipinski definition) is 5. The molecule has 0 amide bonds. The number of nitriles is 1. The van der Waals surface area contributed by atoms with E-state index in [-0.39, 0.29) is 23.7 Å². The molecular weight excluding hydrogens is 258 g/mol. The summed E-state index contributed by atoms with van der Waals surface area (Å²) in [5, 5.41) is 27.7. The Kier molecular flexibility index (Phi) is 3.87.